The third-order valence-electron chi connectivity index (χ3n) is 6.04. The van der Waals surface area contributed by atoms with E-state index >= 15 is 0 Å². The second-order valence-corrected chi connectivity index (χ2v) is 9.77. The number of thiophene rings is 1. The van der Waals surface area contributed by atoms with Crippen LogP contribution in [0.1, 0.15) is 51.0 Å². The Morgan fingerprint density at radius 1 is 1.19 bits per heavy atom. The molecule has 186 valence electrons. The molecule has 0 bridgehead atoms. The van der Waals surface area contributed by atoms with E-state index in [9.17, 15) is 23.1 Å². The van der Waals surface area contributed by atoms with Crippen molar-refractivity contribution in [3.63, 3.8) is 0 Å². The summed E-state index contributed by atoms with van der Waals surface area (Å²) in [5.41, 5.74) is 1.17. The number of nitrogens with zero attached hydrogens (tertiary/aromatic N) is 2. The number of rotatable bonds is 5. The monoisotopic (exact) mass is 532 g/mol. The molecule has 0 saturated carbocycles. The minimum absolute atomic E-state index is 0.0152. The molecule has 0 saturated heterocycles. The summed E-state index contributed by atoms with van der Waals surface area (Å²) in [6, 6.07) is 14.5. The van der Waals surface area contributed by atoms with E-state index in [2.05, 4.69) is 15.7 Å². The number of carbonyl (C=O) groups is 1. The number of anilines is 2. The number of halogens is 4. The van der Waals surface area contributed by atoms with Crippen LogP contribution in [0.15, 0.2) is 72.2 Å². The normalized spacial score (nSPS) is 18.2. The third kappa shape index (κ3) is 4.71. The molecule has 6 nitrogen and oxygen atoms in total. The smallest absolute Gasteiger partial charge is 0.384 e. The molecular weight excluding hydrogens is 513 g/mol. The van der Waals surface area contributed by atoms with Gasteiger partial charge in [-0.1, -0.05) is 48.0 Å². The molecule has 1 amide bonds. The first kappa shape index (κ1) is 24.4. The van der Waals surface area contributed by atoms with Crippen LogP contribution in [0.2, 0.25) is 5.02 Å². The minimum Gasteiger partial charge on any atom is -0.384 e. The Kier molecular flexibility index (Phi) is 6.50. The summed E-state index contributed by atoms with van der Waals surface area (Å²) in [5, 5.41) is 22.8. The first-order valence-corrected chi connectivity index (χ1v) is 12.3. The maximum Gasteiger partial charge on any atom is 0.410 e. The van der Waals surface area contributed by atoms with Crippen LogP contribution in [0.4, 0.5) is 24.7 Å². The lowest BCUT2D eigenvalue weighted by atomic mass is 9.99. The molecule has 5 rings (SSSR count). The zero-order valence-electron chi connectivity index (χ0n) is 18.5. The van der Waals surface area contributed by atoms with Gasteiger partial charge in [-0.05, 0) is 35.2 Å². The number of amides is 1. The Labute approximate surface area is 213 Å². The van der Waals surface area contributed by atoms with Crippen molar-refractivity contribution in [3.05, 3.63) is 98.8 Å². The molecule has 2 aromatic heterocycles. The predicted molar refractivity (Wildman–Crippen MR) is 133 cm³/mol. The van der Waals surface area contributed by atoms with Crippen LogP contribution < -0.4 is 10.6 Å². The molecule has 3 heterocycles. The minimum atomic E-state index is -4.55. The van der Waals surface area contributed by atoms with Gasteiger partial charge in [0.15, 0.2) is 6.04 Å². The summed E-state index contributed by atoms with van der Waals surface area (Å²) in [6.45, 7) is 0. The van der Waals surface area contributed by atoms with Gasteiger partial charge in [0, 0.05) is 27.6 Å². The quantitative estimate of drug-likeness (QED) is 0.271. The van der Waals surface area contributed by atoms with E-state index in [-0.39, 0.29) is 23.5 Å². The number of benzene rings is 2. The number of fused-ring (bicyclic) bond motifs is 1. The van der Waals surface area contributed by atoms with Gasteiger partial charge in [-0.25, -0.2) is 4.68 Å². The maximum atomic E-state index is 13.9. The zero-order valence-corrected chi connectivity index (χ0v) is 20.1. The number of aromatic nitrogens is 2. The van der Waals surface area contributed by atoms with E-state index in [0.717, 1.165) is 15.8 Å². The number of aliphatic hydroxyl groups is 1. The van der Waals surface area contributed by atoms with Crippen molar-refractivity contribution in [2.24, 2.45) is 0 Å². The lowest BCUT2D eigenvalue weighted by Gasteiger charge is -2.33. The van der Waals surface area contributed by atoms with Gasteiger partial charge < -0.3 is 15.7 Å². The van der Waals surface area contributed by atoms with Gasteiger partial charge in [-0.15, -0.1) is 11.3 Å². The van der Waals surface area contributed by atoms with Crippen molar-refractivity contribution < 1.29 is 23.1 Å². The van der Waals surface area contributed by atoms with Crippen molar-refractivity contribution in [3.8, 4) is 0 Å². The standard InChI is InChI=1S/C25H20ClF3N4O2S/c26-15-8-9-18(16(11-15)22(34)14-5-2-1-3-6-14)32-24(35)17-13-30-33-21(25(27,28)29)12-19(31-23(17)33)20-7-4-10-36-20/h1-11,13,19,21-22,31,34H,12H2,(H,32,35). The van der Waals surface area contributed by atoms with Gasteiger partial charge in [0.05, 0.1) is 12.2 Å². The van der Waals surface area contributed by atoms with Gasteiger partial charge in [-0.2, -0.15) is 18.3 Å². The summed E-state index contributed by atoms with van der Waals surface area (Å²) >= 11 is 7.49. The van der Waals surface area contributed by atoms with Gasteiger partial charge in [-0.3, -0.25) is 4.79 Å². The van der Waals surface area contributed by atoms with E-state index in [1.807, 2.05) is 6.07 Å². The molecule has 0 aliphatic carbocycles. The molecule has 1 aliphatic rings. The van der Waals surface area contributed by atoms with Gasteiger partial charge in [0.2, 0.25) is 0 Å². The average molecular weight is 533 g/mol. The first-order chi connectivity index (χ1) is 17.2. The van der Waals surface area contributed by atoms with E-state index < -0.39 is 30.3 Å². The Morgan fingerprint density at radius 3 is 2.67 bits per heavy atom. The molecular formula is C25H20ClF3N4O2S. The van der Waals surface area contributed by atoms with E-state index in [1.54, 1.807) is 47.8 Å². The fourth-order valence-corrected chi connectivity index (χ4v) is 5.25. The molecule has 3 N–H and O–H groups in total. The second-order valence-electron chi connectivity index (χ2n) is 8.36. The second kappa shape index (κ2) is 9.61. The van der Waals surface area contributed by atoms with Crippen molar-refractivity contribution in [1.82, 2.24) is 9.78 Å². The Balaban J connectivity index is 1.48. The molecule has 1 aliphatic heterocycles. The van der Waals surface area contributed by atoms with Gasteiger partial charge in [0.1, 0.15) is 17.5 Å². The van der Waals surface area contributed by atoms with Crippen molar-refractivity contribution in [2.75, 3.05) is 10.6 Å². The Morgan fingerprint density at radius 2 is 1.97 bits per heavy atom. The van der Waals surface area contributed by atoms with Gasteiger partial charge in [0.25, 0.3) is 5.91 Å². The Hall–Kier alpha value is -3.34. The predicted octanol–water partition coefficient (Wildman–Crippen LogP) is 6.59. The zero-order chi connectivity index (χ0) is 25.4. The Bertz CT molecular complexity index is 1380. The number of aliphatic hydroxyl groups excluding tert-OH is 1. The highest BCUT2D eigenvalue weighted by Gasteiger charge is 2.47. The first-order valence-electron chi connectivity index (χ1n) is 11.0. The maximum absolute atomic E-state index is 13.9. The molecule has 2 aromatic carbocycles. The number of carbonyl (C=O) groups excluding carboxylic acids is 1. The summed E-state index contributed by atoms with van der Waals surface area (Å²) in [5.74, 6) is -0.682. The molecule has 36 heavy (non-hydrogen) atoms. The number of nitrogens with one attached hydrogen (secondary N) is 2. The highest BCUT2D eigenvalue weighted by atomic mass is 35.5. The summed E-state index contributed by atoms with van der Waals surface area (Å²) in [6.07, 6.45) is -4.76. The fourth-order valence-electron chi connectivity index (χ4n) is 4.28. The molecule has 3 atom stereocenters. The summed E-state index contributed by atoms with van der Waals surface area (Å²) in [7, 11) is 0. The fraction of sp³-hybridized carbons (Fsp3) is 0.200. The van der Waals surface area contributed by atoms with Gasteiger partial charge >= 0.3 is 6.18 Å². The lowest BCUT2D eigenvalue weighted by Crippen LogP contribution is -2.36. The van der Waals surface area contributed by atoms with E-state index in [4.69, 9.17) is 11.6 Å². The van der Waals surface area contributed by atoms with Crippen molar-refractivity contribution in [1.29, 1.82) is 0 Å². The summed E-state index contributed by atoms with van der Waals surface area (Å²) < 4.78 is 42.5. The van der Waals surface area contributed by atoms with Crippen LogP contribution in [-0.4, -0.2) is 27.0 Å². The summed E-state index contributed by atoms with van der Waals surface area (Å²) in [4.78, 5) is 14.0. The molecule has 0 fully saturated rings. The lowest BCUT2D eigenvalue weighted by molar-refractivity contribution is -0.173. The van der Waals surface area contributed by atoms with Crippen molar-refractivity contribution >= 4 is 40.4 Å². The van der Waals surface area contributed by atoms with Crippen LogP contribution in [0.25, 0.3) is 0 Å². The molecule has 4 aromatic rings. The largest absolute Gasteiger partial charge is 0.410 e. The SMILES string of the molecule is O=C(Nc1ccc(Cl)cc1C(O)c1ccccc1)c1cnn2c1NC(c1cccs1)CC2C(F)(F)F. The van der Waals surface area contributed by atoms with Crippen LogP contribution >= 0.6 is 22.9 Å². The molecule has 11 heteroatoms. The number of hydrogen-bond donors (Lipinski definition) is 3. The highest BCUT2D eigenvalue weighted by molar-refractivity contribution is 7.10. The number of alkyl halides is 3. The number of hydrogen-bond acceptors (Lipinski definition) is 5. The van der Waals surface area contributed by atoms with Crippen LogP contribution in [0.5, 0.6) is 0 Å². The van der Waals surface area contributed by atoms with Crippen molar-refractivity contribution in [2.45, 2.75) is 30.8 Å². The third-order valence-corrected chi connectivity index (χ3v) is 7.26. The van der Waals surface area contributed by atoms with Crippen LogP contribution in [0, 0.1) is 0 Å². The average Bonchev–Trinajstić information content (AvgIpc) is 3.54. The van der Waals surface area contributed by atoms with Crippen LogP contribution in [0.3, 0.4) is 0 Å². The molecule has 0 spiro atoms. The molecule has 0 radical (unpaired) electrons. The van der Waals surface area contributed by atoms with E-state index in [1.165, 1.54) is 23.5 Å². The van der Waals surface area contributed by atoms with Crippen LogP contribution in [-0.2, 0) is 0 Å². The van der Waals surface area contributed by atoms with E-state index in [0.29, 0.717) is 16.1 Å². The highest BCUT2D eigenvalue weighted by Crippen LogP contribution is 2.45. The molecule has 3 unspecified atom stereocenters. The topological polar surface area (TPSA) is 79.2 Å².